The van der Waals surface area contributed by atoms with Crippen molar-refractivity contribution in [1.29, 1.82) is 0 Å². The van der Waals surface area contributed by atoms with E-state index in [4.69, 9.17) is 17.3 Å². The molecule has 2 rings (SSSR count). The molecule has 1 fully saturated rings. The Labute approximate surface area is 122 Å². The summed E-state index contributed by atoms with van der Waals surface area (Å²) in [4.78, 5) is 23.6. The number of nitrogens with one attached hydrogen (secondary N) is 2. The predicted octanol–water partition coefficient (Wildman–Crippen LogP) is 1.77. The molecule has 4 N–H and O–H groups in total. The van der Waals surface area contributed by atoms with Crippen LogP contribution in [0.25, 0.3) is 0 Å². The summed E-state index contributed by atoms with van der Waals surface area (Å²) in [5, 5.41) is 6.40. The van der Waals surface area contributed by atoms with Crippen LogP contribution >= 0.6 is 11.6 Å². The van der Waals surface area contributed by atoms with Crippen LogP contribution in [0.2, 0.25) is 5.02 Å². The highest BCUT2D eigenvalue weighted by Crippen LogP contribution is 2.29. The van der Waals surface area contributed by atoms with Gasteiger partial charge in [0.2, 0.25) is 11.8 Å². The lowest BCUT2D eigenvalue weighted by Gasteiger charge is -2.32. The van der Waals surface area contributed by atoms with Gasteiger partial charge in [-0.05, 0) is 44.5 Å². The number of carbonyl (C=O) groups excluding carboxylic acids is 2. The Kier molecular flexibility index (Phi) is 4.30. The Hall–Kier alpha value is -1.59. The Bertz CT molecular complexity index is 539. The van der Waals surface area contributed by atoms with Gasteiger partial charge in [0, 0.05) is 12.1 Å². The zero-order valence-electron chi connectivity index (χ0n) is 11.3. The van der Waals surface area contributed by atoms with Crippen molar-refractivity contribution >= 4 is 29.1 Å². The van der Waals surface area contributed by atoms with Crippen LogP contribution < -0.4 is 16.4 Å². The Balaban J connectivity index is 2.18. The van der Waals surface area contributed by atoms with E-state index in [-0.39, 0.29) is 5.91 Å². The number of primary amides is 1. The highest BCUT2D eigenvalue weighted by atomic mass is 35.5. The van der Waals surface area contributed by atoms with Crippen LogP contribution in [0.5, 0.6) is 0 Å². The second-order valence-corrected chi connectivity index (χ2v) is 5.76. The van der Waals surface area contributed by atoms with Gasteiger partial charge in [-0.15, -0.1) is 0 Å². The van der Waals surface area contributed by atoms with Gasteiger partial charge in [0.15, 0.2) is 0 Å². The number of halogens is 1. The Morgan fingerprint density at radius 2 is 2.20 bits per heavy atom. The summed E-state index contributed by atoms with van der Waals surface area (Å²) in [7, 11) is 0. The second kappa shape index (κ2) is 5.81. The number of carbonyl (C=O) groups is 2. The first-order valence-electron chi connectivity index (χ1n) is 6.54. The molecule has 6 heteroatoms. The summed E-state index contributed by atoms with van der Waals surface area (Å²) < 4.78 is 0. The molecule has 1 heterocycles. The van der Waals surface area contributed by atoms with Gasteiger partial charge in [-0.25, -0.2) is 0 Å². The monoisotopic (exact) mass is 295 g/mol. The number of piperidine rings is 1. The van der Waals surface area contributed by atoms with Gasteiger partial charge >= 0.3 is 0 Å². The molecule has 1 aromatic rings. The molecular weight excluding hydrogens is 278 g/mol. The number of amides is 2. The average Bonchev–Trinajstić information content (AvgIpc) is 2.41. The van der Waals surface area contributed by atoms with Crippen LogP contribution in [0.3, 0.4) is 0 Å². The van der Waals surface area contributed by atoms with E-state index in [2.05, 4.69) is 10.6 Å². The number of benzene rings is 1. The first-order valence-corrected chi connectivity index (χ1v) is 6.92. The van der Waals surface area contributed by atoms with Gasteiger partial charge in [-0.1, -0.05) is 11.6 Å². The molecule has 0 aromatic heterocycles. The maximum absolute atomic E-state index is 12.4. The fourth-order valence-corrected chi connectivity index (χ4v) is 2.46. The SMILES string of the molecule is CC1(C(=O)Nc2cc(C(N)=O)ccc2Cl)CCCNC1. The molecule has 1 aliphatic rings. The molecule has 1 aliphatic heterocycles. The van der Waals surface area contributed by atoms with Crippen molar-refractivity contribution in [2.75, 3.05) is 18.4 Å². The van der Waals surface area contributed by atoms with Crippen LogP contribution in [-0.4, -0.2) is 24.9 Å². The summed E-state index contributed by atoms with van der Waals surface area (Å²) in [6.07, 6.45) is 1.78. The van der Waals surface area contributed by atoms with Gasteiger partial charge in [-0.2, -0.15) is 0 Å². The molecule has 20 heavy (non-hydrogen) atoms. The lowest BCUT2D eigenvalue weighted by atomic mass is 9.82. The first-order chi connectivity index (χ1) is 9.42. The van der Waals surface area contributed by atoms with E-state index in [1.807, 2.05) is 6.92 Å². The van der Waals surface area contributed by atoms with Gasteiger partial charge in [-0.3, -0.25) is 9.59 Å². The summed E-state index contributed by atoms with van der Waals surface area (Å²) in [6.45, 7) is 3.48. The molecule has 5 nitrogen and oxygen atoms in total. The molecular formula is C14H18ClN3O2. The molecule has 1 unspecified atom stereocenters. The van der Waals surface area contributed by atoms with E-state index in [0.29, 0.717) is 22.8 Å². The van der Waals surface area contributed by atoms with Crippen molar-refractivity contribution < 1.29 is 9.59 Å². The number of hydrogen-bond acceptors (Lipinski definition) is 3. The minimum atomic E-state index is -0.553. The molecule has 0 aliphatic carbocycles. The van der Waals surface area contributed by atoms with Crippen molar-refractivity contribution in [3.8, 4) is 0 Å². The molecule has 108 valence electrons. The van der Waals surface area contributed by atoms with Crippen LogP contribution in [0, 0.1) is 5.41 Å². The Morgan fingerprint density at radius 3 is 2.80 bits per heavy atom. The van der Waals surface area contributed by atoms with Crippen molar-refractivity contribution in [2.45, 2.75) is 19.8 Å². The number of hydrogen-bond donors (Lipinski definition) is 3. The normalized spacial score (nSPS) is 22.3. The molecule has 0 spiro atoms. The van der Waals surface area contributed by atoms with E-state index < -0.39 is 11.3 Å². The van der Waals surface area contributed by atoms with Crippen molar-refractivity contribution in [3.63, 3.8) is 0 Å². The lowest BCUT2D eigenvalue weighted by Crippen LogP contribution is -2.46. The van der Waals surface area contributed by atoms with Crippen molar-refractivity contribution in [3.05, 3.63) is 28.8 Å². The number of nitrogens with two attached hydrogens (primary N) is 1. The van der Waals surface area contributed by atoms with Gasteiger partial charge in [0.1, 0.15) is 0 Å². The van der Waals surface area contributed by atoms with E-state index >= 15 is 0 Å². The van der Waals surface area contributed by atoms with Crippen LogP contribution in [-0.2, 0) is 4.79 Å². The van der Waals surface area contributed by atoms with Crippen LogP contribution in [0.4, 0.5) is 5.69 Å². The van der Waals surface area contributed by atoms with Crippen molar-refractivity contribution in [2.24, 2.45) is 11.1 Å². The molecule has 0 radical (unpaired) electrons. The fraction of sp³-hybridized carbons (Fsp3) is 0.429. The topological polar surface area (TPSA) is 84.2 Å². The number of rotatable bonds is 3. The smallest absolute Gasteiger partial charge is 0.248 e. The highest BCUT2D eigenvalue weighted by molar-refractivity contribution is 6.34. The van der Waals surface area contributed by atoms with Crippen LogP contribution in [0.1, 0.15) is 30.1 Å². The molecule has 1 aromatic carbocycles. The predicted molar refractivity (Wildman–Crippen MR) is 78.8 cm³/mol. The van der Waals surface area contributed by atoms with E-state index in [1.54, 1.807) is 6.07 Å². The van der Waals surface area contributed by atoms with Crippen molar-refractivity contribution in [1.82, 2.24) is 5.32 Å². The number of anilines is 1. The minimum Gasteiger partial charge on any atom is -0.366 e. The average molecular weight is 296 g/mol. The minimum absolute atomic E-state index is 0.103. The second-order valence-electron chi connectivity index (χ2n) is 5.35. The summed E-state index contributed by atoms with van der Waals surface area (Å²) in [5.41, 5.74) is 5.49. The first kappa shape index (κ1) is 14.8. The largest absolute Gasteiger partial charge is 0.366 e. The summed E-state index contributed by atoms with van der Waals surface area (Å²) >= 11 is 6.05. The molecule has 1 saturated heterocycles. The maximum atomic E-state index is 12.4. The van der Waals surface area contributed by atoms with E-state index in [9.17, 15) is 9.59 Å². The molecule has 0 saturated carbocycles. The fourth-order valence-electron chi connectivity index (χ4n) is 2.30. The summed E-state index contributed by atoms with van der Waals surface area (Å²) in [5.74, 6) is -0.657. The quantitative estimate of drug-likeness (QED) is 0.794. The zero-order chi connectivity index (χ0) is 14.8. The molecule has 2 amide bonds. The van der Waals surface area contributed by atoms with Gasteiger partial charge in [0.05, 0.1) is 16.1 Å². The third-order valence-corrected chi connectivity index (χ3v) is 3.97. The third-order valence-electron chi connectivity index (χ3n) is 3.64. The lowest BCUT2D eigenvalue weighted by molar-refractivity contribution is -0.125. The summed E-state index contributed by atoms with van der Waals surface area (Å²) in [6, 6.07) is 4.59. The standard InChI is InChI=1S/C14H18ClN3O2/c1-14(5-2-6-17-8-14)13(20)18-11-7-9(12(16)19)3-4-10(11)15/h3-4,7,17H,2,5-6,8H2,1H3,(H2,16,19)(H,18,20). The van der Waals surface area contributed by atoms with E-state index in [0.717, 1.165) is 19.4 Å². The van der Waals surface area contributed by atoms with Crippen LogP contribution in [0.15, 0.2) is 18.2 Å². The Morgan fingerprint density at radius 1 is 1.45 bits per heavy atom. The van der Waals surface area contributed by atoms with Gasteiger partial charge < -0.3 is 16.4 Å². The van der Waals surface area contributed by atoms with Gasteiger partial charge in [0.25, 0.3) is 0 Å². The maximum Gasteiger partial charge on any atom is 0.248 e. The molecule has 1 atom stereocenters. The third kappa shape index (κ3) is 3.11. The highest BCUT2D eigenvalue weighted by Gasteiger charge is 2.34. The zero-order valence-corrected chi connectivity index (χ0v) is 12.1. The van der Waals surface area contributed by atoms with E-state index in [1.165, 1.54) is 12.1 Å². The molecule has 0 bridgehead atoms.